The van der Waals surface area contributed by atoms with Crippen LogP contribution in [0.5, 0.6) is 0 Å². The first-order valence-corrected chi connectivity index (χ1v) is 7.94. The normalized spacial score (nSPS) is 12.0. The average Bonchev–Trinajstić information content (AvgIpc) is 2.84. The minimum absolute atomic E-state index is 0.240. The van der Waals surface area contributed by atoms with Gasteiger partial charge >= 0.3 is 5.97 Å². The highest BCUT2D eigenvalue weighted by atomic mass is 32.2. The van der Waals surface area contributed by atoms with Gasteiger partial charge in [-0.3, -0.25) is 0 Å². The van der Waals surface area contributed by atoms with Crippen LogP contribution in [0.1, 0.15) is 22.4 Å². The second-order valence-electron chi connectivity index (χ2n) is 5.03. The lowest BCUT2D eigenvalue weighted by Crippen LogP contribution is -2.14. The predicted molar refractivity (Wildman–Crippen MR) is 82.1 cm³/mol. The Morgan fingerprint density at radius 2 is 1.82 bits per heavy atom. The molecule has 0 saturated carbocycles. The van der Waals surface area contributed by atoms with Gasteiger partial charge in [0.2, 0.25) is 0 Å². The van der Waals surface area contributed by atoms with E-state index in [0.29, 0.717) is 11.1 Å². The van der Waals surface area contributed by atoms with Gasteiger partial charge in [0.25, 0.3) is 10.0 Å². The van der Waals surface area contributed by atoms with Gasteiger partial charge in [0.1, 0.15) is 6.33 Å². The molecule has 1 heterocycles. The summed E-state index contributed by atoms with van der Waals surface area (Å²) >= 11 is 0. The summed E-state index contributed by atoms with van der Waals surface area (Å²) < 4.78 is 26.4. The number of rotatable bonds is 4. The zero-order valence-electron chi connectivity index (χ0n) is 12.4. The first-order valence-electron chi connectivity index (χ1n) is 6.50. The number of aliphatic carboxylic acids is 1. The average molecular weight is 320 g/mol. The number of imidazole rings is 1. The molecule has 6 nitrogen and oxygen atoms in total. The van der Waals surface area contributed by atoms with E-state index in [4.69, 9.17) is 5.11 Å². The maximum absolute atomic E-state index is 12.7. The second kappa shape index (κ2) is 5.76. The van der Waals surface area contributed by atoms with Crippen LogP contribution in [0, 0.1) is 20.8 Å². The summed E-state index contributed by atoms with van der Waals surface area (Å²) in [5.74, 6) is -1.12. The fourth-order valence-electron chi connectivity index (χ4n) is 2.37. The molecule has 1 aromatic heterocycles. The highest BCUT2D eigenvalue weighted by Gasteiger charge is 2.22. The van der Waals surface area contributed by atoms with Crippen LogP contribution in [0.25, 0.3) is 6.08 Å². The Balaban J connectivity index is 2.50. The first kappa shape index (κ1) is 16.0. The molecule has 0 amide bonds. The van der Waals surface area contributed by atoms with Crippen LogP contribution < -0.4 is 0 Å². The maximum Gasteiger partial charge on any atom is 0.328 e. The molecule has 0 spiro atoms. The molecule has 116 valence electrons. The lowest BCUT2D eigenvalue weighted by Gasteiger charge is -2.12. The molecular weight excluding hydrogens is 304 g/mol. The van der Waals surface area contributed by atoms with Crippen LogP contribution in [-0.4, -0.2) is 28.5 Å². The molecule has 0 bridgehead atoms. The number of carbonyl (C=O) groups is 1. The molecule has 0 saturated heterocycles. The molecule has 1 aromatic carbocycles. The van der Waals surface area contributed by atoms with Crippen LogP contribution in [0.4, 0.5) is 0 Å². The van der Waals surface area contributed by atoms with Crippen molar-refractivity contribution in [3.05, 3.63) is 53.1 Å². The van der Waals surface area contributed by atoms with E-state index in [0.717, 1.165) is 21.9 Å². The number of carboxylic acids is 1. The number of hydrogen-bond donors (Lipinski definition) is 1. The predicted octanol–water partition coefficient (Wildman–Crippen LogP) is 2.14. The minimum Gasteiger partial charge on any atom is -0.478 e. The zero-order valence-corrected chi connectivity index (χ0v) is 13.3. The smallest absolute Gasteiger partial charge is 0.328 e. The van der Waals surface area contributed by atoms with Crippen LogP contribution in [-0.2, 0) is 14.8 Å². The number of carboxylic acid groups (broad SMARTS) is 1. The van der Waals surface area contributed by atoms with E-state index in [1.807, 2.05) is 19.1 Å². The van der Waals surface area contributed by atoms with Crippen molar-refractivity contribution in [1.82, 2.24) is 8.96 Å². The molecule has 2 rings (SSSR count). The quantitative estimate of drug-likeness (QED) is 0.872. The largest absolute Gasteiger partial charge is 0.478 e. The summed E-state index contributed by atoms with van der Waals surface area (Å²) in [5, 5.41) is 8.58. The molecule has 0 aliphatic heterocycles. The fraction of sp³-hybridized carbons (Fsp3) is 0.200. The van der Waals surface area contributed by atoms with Crippen molar-refractivity contribution in [1.29, 1.82) is 0 Å². The van der Waals surface area contributed by atoms with E-state index in [-0.39, 0.29) is 10.6 Å². The van der Waals surface area contributed by atoms with E-state index in [9.17, 15) is 13.2 Å². The van der Waals surface area contributed by atoms with Gasteiger partial charge in [-0.05, 0) is 38.0 Å². The number of hydrogen-bond acceptors (Lipinski definition) is 4. The first-order chi connectivity index (χ1) is 10.2. The van der Waals surface area contributed by atoms with Crippen molar-refractivity contribution in [2.75, 3.05) is 0 Å². The second-order valence-corrected chi connectivity index (χ2v) is 6.81. The fourth-order valence-corrected chi connectivity index (χ4v) is 3.93. The number of benzene rings is 1. The highest BCUT2D eigenvalue weighted by molar-refractivity contribution is 7.90. The summed E-state index contributed by atoms with van der Waals surface area (Å²) in [5.41, 5.74) is 2.57. The van der Waals surface area contributed by atoms with Gasteiger partial charge in [-0.2, -0.15) is 0 Å². The third-order valence-electron chi connectivity index (χ3n) is 3.12. The third-order valence-corrected chi connectivity index (χ3v) is 5.03. The number of aromatic nitrogens is 2. The summed E-state index contributed by atoms with van der Waals surface area (Å²) in [7, 11) is -3.76. The van der Waals surface area contributed by atoms with Crippen LogP contribution >= 0.6 is 0 Å². The van der Waals surface area contributed by atoms with E-state index < -0.39 is 16.0 Å². The number of nitrogens with zero attached hydrogens (tertiary/aromatic N) is 2. The monoisotopic (exact) mass is 320 g/mol. The Bertz CT molecular complexity index is 840. The SMILES string of the molecule is Cc1cc(C)c(S(=O)(=O)n2cnc(/C=C/C(=O)O)c2)c(C)c1. The van der Waals surface area contributed by atoms with Crippen molar-refractivity contribution in [2.45, 2.75) is 25.7 Å². The van der Waals surface area contributed by atoms with Gasteiger partial charge in [0.15, 0.2) is 0 Å². The van der Waals surface area contributed by atoms with Gasteiger partial charge in [0.05, 0.1) is 10.6 Å². The van der Waals surface area contributed by atoms with Gasteiger partial charge in [-0.15, -0.1) is 0 Å². The molecule has 0 fully saturated rings. The van der Waals surface area contributed by atoms with Crippen LogP contribution in [0.3, 0.4) is 0 Å². The third kappa shape index (κ3) is 3.09. The van der Waals surface area contributed by atoms with E-state index in [2.05, 4.69) is 4.98 Å². The number of aryl methyl sites for hydroxylation is 3. The Kier molecular flexibility index (Phi) is 4.18. The minimum atomic E-state index is -3.76. The Labute approximate surface area is 128 Å². The van der Waals surface area contributed by atoms with Gasteiger partial charge in [0, 0.05) is 12.3 Å². The van der Waals surface area contributed by atoms with E-state index >= 15 is 0 Å². The van der Waals surface area contributed by atoms with Crippen molar-refractivity contribution in [3.8, 4) is 0 Å². The Hall–Kier alpha value is -2.41. The summed E-state index contributed by atoms with van der Waals surface area (Å²) in [6, 6.07) is 3.62. The Morgan fingerprint density at radius 3 is 2.36 bits per heavy atom. The van der Waals surface area contributed by atoms with Crippen molar-refractivity contribution in [3.63, 3.8) is 0 Å². The topological polar surface area (TPSA) is 89.3 Å². The van der Waals surface area contributed by atoms with Crippen molar-refractivity contribution in [2.24, 2.45) is 0 Å². The molecular formula is C15H16N2O4S. The van der Waals surface area contributed by atoms with Crippen molar-refractivity contribution >= 4 is 22.1 Å². The molecule has 2 aromatic rings. The van der Waals surface area contributed by atoms with E-state index in [1.165, 1.54) is 12.3 Å². The molecule has 0 atom stereocenters. The van der Waals surface area contributed by atoms with Crippen molar-refractivity contribution < 1.29 is 18.3 Å². The molecule has 1 N–H and O–H groups in total. The molecule has 0 unspecified atom stereocenters. The summed E-state index contributed by atoms with van der Waals surface area (Å²) in [6.45, 7) is 5.40. The lowest BCUT2D eigenvalue weighted by atomic mass is 10.1. The molecule has 22 heavy (non-hydrogen) atoms. The van der Waals surface area contributed by atoms with Gasteiger partial charge < -0.3 is 5.11 Å². The summed E-state index contributed by atoms with van der Waals surface area (Å²) in [4.78, 5) is 14.6. The summed E-state index contributed by atoms with van der Waals surface area (Å²) in [6.07, 6.45) is 4.59. The van der Waals surface area contributed by atoms with E-state index in [1.54, 1.807) is 13.8 Å². The van der Waals surface area contributed by atoms with Gasteiger partial charge in [-0.25, -0.2) is 22.2 Å². The lowest BCUT2D eigenvalue weighted by molar-refractivity contribution is -0.131. The molecule has 7 heteroatoms. The Morgan fingerprint density at radius 1 is 1.23 bits per heavy atom. The van der Waals surface area contributed by atoms with Crippen LogP contribution in [0.15, 0.2) is 35.6 Å². The standard InChI is InChI=1S/C15H16N2O4S/c1-10-6-11(2)15(12(3)7-10)22(20,21)17-8-13(16-9-17)4-5-14(18)19/h4-9H,1-3H3,(H,18,19)/b5-4+. The molecule has 0 aliphatic rings. The highest BCUT2D eigenvalue weighted by Crippen LogP contribution is 2.24. The molecule has 0 radical (unpaired) electrons. The zero-order chi connectivity index (χ0) is 16.5. The van der Waals surface area contributed by atoms with Gasteiger partial charge in [-0.1, -0.05) is 17.7 Å². The molecule has 0 aliphatic carbocycles. The maximum atomic E-state index is 12.7. The van der Waals surface area contributed by atoms with Crippen LogP contribution in [0.2, 0.25) is 0 Å².